The fourth-order valence-electron chi connectivity index (χ4n) is 6.22. The van der Waals surface area contributed by atoms with Crippen molar-refractivity contribution in [3.05, 3.63) is 163 Å². The van der Waals surface area contributed by atoms with Gasteiger partial charge in [-0.3, -0.25) is 4.68 Å². The number of hydrogen-bond acceptors (Lipinski definition) is 2. The first-order valence-electron chi connectivity index (χ1n) is 13.9. The SMILES string of the molecule is Cc1cc2nccn2cc1-c1cn(C(c2ccccc2)(c2ccccc2)C2C=CC=CC2)nc1-c1ccc(F)cc1. The normalized spacial score (nSPS) is 15.0. The molecular formula is C36H29FN4. The lowest BCUT2D eigenvalue weighted by atomic mass is 9.70. The molecule has 3 heterocycles. The molecule has 3 aromatic carbocycles. The highest BCUT2D eigenvalue weighted by Crippen LogP contribution is 2.46. The Morgan fingerprint density at radius 3 is 2.20 bits per heavy atom. The van der Waals surface area contributed by atoms with Crippen molar-refractivity contribution in [2.24, 2.45) is 5.92 Å². The molecule has 0 amide bonds. The summed E-state index contributed by atoms with van der Waals surface area (Å²) in [5, 5.41) is 5.41. The predicted octanol–water partition coefficient (Wildman–Crippen LogP) is 8.24. The van der Waals surface area contributed by atoms with Crippen LogP contribution in [0.4, 0.5) is 4.39 Å². The minimum atomic E-state index is -0.635. The van der Waals surface area contributed by atoms with Crippen LogP contribution in [0.2, 0.25) is 0 Å². The van der Waals surface area contributed by atoms with E-state index in [0.717, 1.165) is 51.1 Å². The number of benzene rings is 3. The van der Waals surface area contributed by atoms with Crippen LogP contribution >= 0.6 is 0 Å². The van der Waals surface area contributed by atoms with Gasteiger partial charge in [0.25, 0.3) is 0 Å². The third-order valence-corrected chi connectivity index (χ3v) is 8.17. The van der Waals surface area contributed by atoms with Gasteiger partial charge in [0.15, 0.2) is 0 Å². The minimum Gasteiger partial charge on any atom is -0.306 e. The van der Waals surface area contributed by atoms with Gasteiger partial charge in [-0.1, -0.05) is 85.0 Å². The van der Waals surface area contributed by atoms with Crippen molar-refractivity contribution in [3.63, 3.8) is 0 Å². The predicted molar refractivity (Wildman–Crippen MR) is 162 cm³/mol. The van der Waals surface area contributed by atoms with Crippen LogP contribution in [-0.4, -0.2) is 19.2 Å². The van der Waals surface area contributed by atoms with Crippen molar-refractivity contribution in [1.29, 1.82) is 0 Å². The number of pyridine rings is 1. The Hall–Kier alpha value is -5.03. The van der Waals surface area contributed by atoms with E-state index in [0.29, 0.717) is 0 Å². The number of rotatable bonds is 6. The maximum absolute atomic E-state index is 14.1. The quantitative estimate of drug-likeness (QED) is 0.215. The van der Waals surface area contributed by atoms with Crippen LogP contribution in [0.1, 0.15) is 23.1 Å². The molecule has 0 N–H and O–H groups in total. The first kappa shape index (κ1) is 25.0. The molecule has 5 heteroatoms. The molecule has 0 radical (unpaired) electrons. The van der Waals surface area contributed by atoms with Crippen LogP contribution in [-0.2, 0) is 5.54 Å². The number of aromatic nitrogens is 4. The van der Waals surface area contributed by atoms with Crippen molar-refractivity contribution < 1.29 is 4.39 Å². The summed E-state index contributed by atoms with van der Waals surface area (Å²) in [5.74, 6) is -0.170. The molecule has 0 bridgehead atoms. The smallest absolute Gasteiger partial charge is 0.136 e. The Morgan fingerprint density at radius 2 is 1.54 bits per heavy atom. The van der Waals surface area contributed by atoms with Crippen molar-refractivity contribution in [2.75, 3.05) is 0 Å². The summed E-state index contributed by atoms with van der Waals surface area (Å²) >= 11 is 0. The summed E-state index contributed by atoms with van der Waals surface area (Å²) in [6.45, 7) is 2.10. The highest BCUT2D eigenvalue weighted by atomic mass is 19.1. The van der Waals surface area contributed by atoms with Gasteiger partial charge in [0.1, 0.15) is 22.7 Å². The average Bonchev–Trinajstić information content (AvgIpc) is 3.67. The second-order valence-electron chi connectivity index (χ2n) is 10.6. The standard InChI is InChI=1S/C36H29FN4/c1-26-23-34-38-21-22-40(34)24-32(26)33-25-41(39-35(33)27-17-19-31(37)20-18-27)36(28-11-5-2-6-12-28,29-13-7-3-8-14-29)30-15-9-4-10-16-30/h2-15,17-25,30H,16H2,1H3. The van der Waals surface area contributed by atoms with Gasteiger partial charge in [-0.2, -0.15) is 5.10 Å². The van der Waals surface area contributed by atoms with Crippen LogP contribution < -0.4 is 0 Å². The molecule has 0 saturated carbocycles. The molecule has 0 spiro atoms. The molecule has 200 valence electrons. The molecule has 1 unspecified atom stereocenters. The zero-order chi connectivity index (χ0) is 27.8. The van der Waals surface area contributed by atoms with Gasteiger partial charge in [0.2, 0.25) is 0 Å². The van der Waals surface area contributed by atoms with Gasteiger partial charge in [-0.25, -0.2) is 9.37 Å². The average molecular weight is 537 g/mol. The third kappa shape index (κ3) is 4.21. The number of imidazole rings is 1. The summed E-state index contributed by atoms with van der Waals surface area (Å²) < 4.78 is 18.2. The molecule has 41 heavy (non-hydrogen) atoms. The lowest BCUT2D eigenvalue weighted by Gasteiger charge is -2.41. The lowest BCUT2D eigenvalue weighted by Crippen LogP contribution is -2.43. The molecule has 7 rings (SSSR count). The van der Waals surface area contributed by atoms with E-state index in [1.54, 1.807) is 0 Å². The molecule has 4 nitrogen and oxygen atoms in total. The maximum Gasteiger partial charge on any atom is 0.136 e. The molecule has 6 aromatic rings. The van der Waals surface area contributed by atoms with E-state index in [4.69, 9.17) is 5.10 Å². The topological polar surface area (TPSA) is 35.1 Å². The summed E-state index contributed by atoms with van der Waals surface area (Å²) in [4.78, 5) is 4.48. The van der Waals surface area contributed by atoms with Gasteiger partial charge in [0, 0.05) is 47.4 Å². The first-order valence-corrected chi connectivity index (χ1v) is 13.9. The number of aryl methyl sites for hydroxylation is 1. The summed E-state index contributed by atoms with van der Waals surface area (Å²) in [5.41, 5.74) is 7.35. The zero-order valence-corrected chi connectivity index (χ0v) is 22.7. The molecule has 0 saturated heterocycles. The second-order valence-corrected chi connectivity index (χ2v) is 10.6. The number of nitrogens with zero attached hydrogens (tertiary/aromatic N) is 4. The molecule has 1 aliphatic carbocycles. The van der Waals surface area contributed by atoms with Crippen molar-refractivity contribution >= 4 is 5.65 Å². The van der Waals surface area contributed by atoms with E-state index in [9.17, 15) is 4.39 Å². The molecule has 3 aromatic heterocycles. The number of halogens is 1. The molecule has 1 atom stereocenters. The molecule has 0 fully saturated rings. The van der Waals surface area contributed by atoms with E-state index in [2.05, 4.69) is 120 Å². The van der Waals surface area contributed by atoms with E-state index in [1.165, 1.54) is 12.1 Å². The highest BCUT2D eigenvalue weighted by Gasteiger charge is 2.44. The van der Waals surface area contributed by atoms with Crippen LogP contribution in [0.3, 0.4) is 0 Å². The molecule has 1 aliphatic rings. The van der Waals surface area contributed by atoms with Gasteiger partial charge >= 0.3 is 0 Å². The van der Waals surface area contributed by atoms with Crippen molar-refractivity contribution in [2.45, 2.75) is 18.9 Å². The van der Waals surface area contributed by atoms with Gasteiger partial charge < -0.3 is 4.40 Å². The Kier molecular flexibility index (Phi) is 6.20. The lowest BCUT2D eigenvalue weighted by molar-refractivity contribution is 0.293. The van der Waals surface area contributed by atoms with Crippen molar-refractivity contribution in [1.82, 2.24) is 19.2 Å². The van der Waals surface area contributed by atoms with Crippen molar-refractivity contribution in [3.8, 4) is 22.4 Å². The zero-order valence-electron chi connectivity index (χ0n) is 22.7. The fraction of sp³-hybridized carbons (Fsp3) is 0.111. The fourth-order valence-corrected chi connectivity index (χ4v) is 6.22. The Labute approximate surface area is 238 Å². The van der Waals surface area contributed by atoms with E-state index in [-0.39, 0.29) is 11.7 Å². The maximum atomic E-state index is 14.1. The van der Waals surface area contributed by atoms with E-state index < -0.39 is 5.54 Å². The van der Waals surface area contributed by atoms with Crippen LogP contribution in [0.25, 0.3) is 28.0 Å². The minimum absolute atomic E-state index is 0.100. The largest absolute Gasteiger partial charge is 0.306 e. The number of fused-ring (bicyclic) bond motifs is 1. The number of hydrogen-bond donors (Lipinski definition) is 0. The second kappa shape index (κ2) is 10.2. The summed E-state index contributed by atoms with van der Waals surface area (Å²) in [7, 11) is 0. The monoisotopic (exact) mass is 536 g/mol. The summed E-state index contributed by atoms with van der Waals surface area (Å²) in [6, 6.07) is 30.0. The van der Waals surface area contributed by atoms with E-state index in [1.807, 2.05) is 28.9 Å². The Bertz CT molecular complexity index is 1840. The van der Waals surface area contributed by atoms with Gasteiger partial charge in [0.05, 0.1) is 0 Å². The Morgan fingerprint density at radius 1 is 0.829 bits per heavy atom. The molecular weight excluding hydrogens is 507 g/mol. The summed E-state index contributed by atoms with van der Waals surface area (Å²) in [6.07, 6.45) is 17.7. The van der Waals surface area contributed by atoms with Gasteiger partial charge in [-0.15, -0.1) is 0 Å². The van der Waals surface area contributed by atoms with Crippen LogP contribution in [0.15, 0.2) is 140 Å². The van der Waals surface area contributed by atoms with Crippen LogP contribution in [0, 0.1) is 18.7 Å². The first-order chi connectivity index (χ1) is 20.1. The molecule has 0 aliphatic heterocycles. The van der Waals surface area contributed by atoms with Crippen LogP contribution in [0.5, 0.6) is 0 Å². The third-order valence-electron chi connectivity index (χ3n) is 8.17. The Balaban J connectivity index is 1.57. The highest BCUT2D eigenvalue weighted by molar-refractivity contribution is 5.82. The number of allylic oxidation sites excluding steroid dienone is 4. The van der Waals surface area contributed by atoms with E-state index >= 15 is 0 Å². The van der Waals surface area contributed by atoms with Gasteiger partial charge in [-0.05, 0) is 60.4 Å².